The van der Waals surface area contributed by atoms with Gasteiger partial charge in [-0.2, -0.15) is 0 Å². The second-order valence-electron chi connectivity index (χ2n) is 13.4. The third kappa shape index (κ3) is 40.5. The summed E-state index contributed by atoms with van der Waals surface area (Å²) in [5.74, 6) is -0.872. The molecular weight excluding hydrogens is 711 g/mol. The molecule has 1 N–H and O–H groups in total. The molecule has 0 saturated heterocycles. The van der Waals surface area contributed by atoms with E-state index in [1.807, 2.05) is 0 Å². The molecule has 0 saturated carbocycles. The van der Waals surface area contributed by atoms with Crippen LogP contribution in [0, 0.1) is 0 Å². The van der Waals surface area contributed by atoms with Crippen molar-refractivity contribution in [1.29, 1.82) is 0 Å². The number of rotatable bonds is 37. The lowest BCUT2D eigenvalue weighted by Crippen LogP contribution is -2.29. The van der Waals surface area contributed by atoms with E-state index in [0.29, 0.717) is 12.8 Å². The molecular formula is C46H75O8P. The van der Waals surface area contributed by atoms with E-state index >= 15 is 0 Å². The van der Waals surface area contributed by atoms with Crippen LogP contribution in [0.2, 0.25) is 0 Å². The third-order valence-electron chi connectivity index (χ3n) is 8.32. The number of phosphoric acid groups is 1. The molecule has 0 aromatic carbocycles. The van der Waals surface area contributed by atoms with E-state index in [1.54, 1.807) is 0 Å². The first-order valence-corrected chi connectivity index (χ1v) is 22.4. The Hall–Kier alpha value is -3.03. The highest BCUT2D eigenvalue weighted by Gasteiger charge is 2.24. The summed E-state index contributed by atoms with van der Waals surface area (Å²) < 4.78 is 31.9. The molecule has 0 spiro atoms. The van der Waals surface area contributed by atoms with Gasteiger partial charge >= 0.3 is 19.8 Å². The summed E-state index contributed by atoms with van der Waals surface area (Å²) in [5.41, 5.74) is 0. The zero-order chi connectivity index (χ0) is 40.3. The summed E-state index contributed by atoms with van der Waals surface area (Å²) in [5, 5.41) is 0. The maximum Gasteiger partial charge on any atom is 0.472 e. The molecule has 0 aliphatic heterocycles. The standard InChI is InChI=1S/C46H75O8P/c1-4-6-8-10-12-14-16-18-20-21-22-23-24-25-27-29-31-33-35-37-39-41-46(48)54-44(43-53-55(49,50)51-3)42-52-45(47)40-38-36-34-32-30-28-26-19-17-15-13-11-9-7-5-2/h6-9,12-15,18-20,22-23,26,30,32,44H,4-5,10-11,16-17,21,24-25,27-29,31,33-43H2,1-3H3,(H,49,50)/b8-6-,9-7-,14-12-,15-13-,20-18-,23-22-,26-19-,32-30-. The van der Waals surface area contributed by atoms with Crippen LogP contribution in [0.3, 0.4) is 0 Å². The fourth-order valence-electron chi connectivity index (χ4n) is 5.17. The molecule has 55 heavy (non-hydrogen) atoms. The topological polar surface area (TPSA) is 108 Å². The third-order valence-corrected chi connectivity index (χ3v) is 9.26. The number of esters is 2. The molecule has 0 aliphatic rings. The van der Waals surface area contributed by atoms with Crippen molar-refractivity contribution in [2.75, 3.05) is 20.3 Å². The fourth-order valence-corrected chi connectivity index (χ4v) is 5.63. The van der Waals surface area contributed by atoms with Crippen LogP contribution < -0.4 is 0 Å². The largest absolute Gasteiger partial charge is 0.472 e. The molecule has 8 nitrogen and oxygen atoms in total. The molecule has 2 unspecified atom stereocenters. The molecule has 0 radical (unpaired) electrons. The first kappa shape index (κ1) is 52.0. The number of unbranched alkanes of at least 4 members (excludes halogenated alkanes) is 10. The van der Waals surface area contributed by atoms with Crippen LogP contribution in [0.1, 0.15) is 155 Å². The van der Waals surface area contributed by atoms with Gasteiger partial charge in [0.1, 0.15) is 6.61 Å². The summed E-state index contributed by atoms with van der Waals surface area (Å²) in [6, 6.07) is 0. The molecule has 9 heteroatoms. The number of ether oxygens (including phenoxy) is 2. The lowest BCUT2D eigenvalue weighted by Gasteiger charge is -2.19. The van der Waals surface area contributed by atoms with E-state index in [-0.39, 0.29) is 19.4 Å². The first-order valence-electron chi connectivity index (χ1n) is 20.9. The molecule has 0 amide bonds. The van der Waals surface area contributed by atoms with Crippen LogP contribution in [0.25, 0.3) is 0 Å². The number of hydrogen-bond acceptors (Lipinski definition) is 7. The van der Waals surface area contributed by atoms with E-state index in [1.165, 1.54) is 25.7 Å². The molecule has 312 valence electrons. The van der Waals surface area contributed by atoms with Crippen LogP contribution in [0.5, 0.6) is 0 Å². The van der Waals surface area contributed by atoms with Gasteiger partial charge in [0.2, 0.25) is 0 Å². The zero-order valence-corrected chi connectivity index (χ0v) is 35.4. The lowest BCUT2D eigenvalue weighted by atomic mass is 10.1. The predicted molar refractivity (Wildman–Crippen MR) is 230 cm³/mol. The monoisotopic (exact) mass is 787 g/mol. The number of carbonyl (C=O) groups excluding carboxylic acids is 2. The van der Waals surface area contributed by atoms with Gasteiger partial charge in [-0.3, -0.25) is 18.6 Å². The molecule has 0 fully saturated rings. The summed E-state index contributed by atoms with van der Waals surface area (Å²) in [7, 11) is -3.23. The Morgan fingerprint density at radius 3 is 1.33 bits per heavy atom. The van der Waals surface area contributed by atoms with E-state index < -0.39 is 32.5 Å². The predicted octanol–water partition coefficient (Wildman–Crippen LogP) is 13.3. The van der Waals surface area contributed by atoms with Crippen molar-refractivity contribution in [3.8, 4) is 0 Å². The van der Waals surface area contributed by atoms with Crippen molar-refractivity contribution >= 4 is 19.8 Å². The van der Waals surface area contributed by atoms with Gasteiger partial charge in [0, 0.05) is 20.0 Å². The van der Waals surface area contributed by atoms with Crippen molar-refractivity contribution in [2.45, 2.75) is 161 Å². The summed E-state index contributed by atoms with van der Waals surface area (Å²) in [4.78, 5) is 34.4. The Balaban J connectivity index is 4.09. The molecule has 2 atom stereocenters. The molecule has 0 aromatic rings. The molecule has 0 aliphatic carbocycles. The number of hydrogen-bond donors (Lipinski definition) is 1. The molecule has 0 heterocycles. The maximum absolute atomic E-state index is 12.5. The minimum atomic E-state index is -4.28. The second-order valence-corrected chi connectivity index (χ2v) is 14.9. The van der Waals surface area contributed by atoms with Gasteiger partial charge in [-0.15, -0.1) is 0 Å². The molecule has 0 bridgehead atoms. The number of allylic oxidation sites excluding steroid dienone is 16. The highest BCUT2D eigenvalue weighted by atomic mass is 31.2. The second kappa shape index (κ2) is 40.6. The van der Waals surface area contributed by atoms with Crippen molar-refractivity contribution in [3.05, 3.63) is 97.2 Å². The molecule has 0 rings (SSSR count). The Morgan fingerprint density at radius 1 is 0.509 bits per heavy atom. The average Bonchev–Trinajstić information content (AvgIpc) is 3.18. The first-order chi connectivity index (χ1) is 26.8. The summed E-state index contributed by atoms with van der Waals surface area (Å²) in [6.45, 7) is 3.60. The Morgan fingerprint density at radius 2 is 0.873 bits per heavy atom. The van der Waals surface area contributed by atoms with Gasteiger partial charge in [0.05, 0.1) is 6.61 Å². The lowest BCUT2D eigenvalue weighted by molar-refractivity contribution is -0.161. The van der Waals surface area contributed by atoms with E-state index in [2.05, 4.69) is 116 Å². The van der Waals surface area contributed by atoms with Crippen molar-refractivity contribution in [2.24, 2.45) is 0 Å². The van der Waals surface area contributed by atoms with Crippen LogP contribution in [0.15, 0.2) is 97.2 Å². The maximum atomic E-state index is 12.5. The number of phosphoric ester groups is 1. The van der Waals surface area contributed by atoms with Crippen LogP contribution >= 0.6 is 7.82 Å². The minimum Gasteiger partial charge on any atom is -0.462 e. The SMILES string of the molecule is CC/C=C\C/C=C\C/C=C\C/C=C\CCCCCCCCCCC(=O)OC(COC(=O)CCCC/C=C\C/C=C\C/C=C\C/C=C\CC)COP(=O)(O)OC. The van der Waals surface area contributed by atoms with Crippen molar-refractivity contribution in [3.63, 3.8) is 0 Å². The quantitative estimate of drug-likeness (QED) is 0.0287. The Bertz CT molecular complexity index is 1210. The van der Waals surface area contributed by atoms with E-state index in [0.717, 1.165) is 97.0 Å². The van der Waals surface area contributed by atoms with Gasteiger partial charge in [-0.1, -0.05) is 150 Å². The Labute approximate surface area is 335 Å². The fraction of sp³-hybridized carbons (Fsp3) is 0.609. The summed E-state index contributed by atoms with van der Waals surface area (Å²) in [6.07, 6.45) is 54.6. The van der Waals surface area contributed by atoms with Gasteiger partial charge < -0.3 is 14.4 Å². The van der Waals surface area contributed by atoms with Crippen LogP contribution in [-0.2, 0) is 32.7 Å². The summed E-state index contributed by atoms with van der Waals surface area (Å²) >= 11 is 0. The van der Waals surface area contributed by atoms with Crippen LogP contribution in [0.4, 0.5) is 0 Å². The van der Waals surface area contributed by atoms with Crippen molar-refractivity contribution in [1.82, 2.24) is 0 Å². The highest BCUT2D eigenvalue weighted by molar-refractivity contribution is 7.47. The minimum absolute atomic E-state index is 0.220. The van der Waals surface area contributed by atoms with E-state index in [9.17, 15) is 19.0 Å². The van der Waals surface area contributed by atoms with E-state index in [4.69, 9.17) is 14.0 Å². The van der Waals surface area contributed by atoms with Gasteiger partial charge in [0.15, 0.2) is 6.10 Å². The van der Waals surface area contributed by atoms with Gasteiger partial charge in [0.25, 0.3) is 0 Å². The number of carbonyl (C=O) groups is 2. The average molecular weight is 787 g/mol. The van der Waals surface area contributed by atoms with Crippen LogP contribution in [-0.4, -0.2) is 43.3 Å². The zero-order valence-electron chi connectivity index (χ0n) is 34.5. The smallest absolute Gasteiger partial charge is 0.462 e. The molecule has 0 aromatic heterocycles. The van der Waals surface area contributed by atoms with Gasteiger partial charge in [-0.05, 0) is 89.9 Å². The normalized spacial score (nSPS) is 14.3. The highest BCUT2D eigenvalue weighted by Crippen LogP contribution is 2.42. The van der Waals surface area contributed by atoms with Crippen molar-refractivity contribution < 1.29 is 37.6 Å². The Kier molecular flexibility index (Phi) is 38.4. The van der Waals surface area contributed by atoms with Gasteiger partial charge in [-0.25, -0.2) is 4.57 Å².